The van der Waals surface area contributed by atoms with Gasteiger partial charge < -0.3 is 4.74 Å². The predicted octanol–water partition coefficient (Wildman–Crippen LogP) is 2.18. The summed E-state index contributed by atoms with van der Waals surface area (Å²) in [4.78, 5) is 0. The Morgan fingerprint density at radius 2 is 1.90 bits per heavy atom. The third-order valence-electron chi connectivity index (χ3n) is 1.85. The third kappa shape index (κ3) is 1.62. The number of halogens is 3. The van der Waals surface area contributed by atoms with Crippen molar-refractivity contribution in [1.29, 1.82) is 0 Å². The normalized spacial score (nSPS) is 19.5. The summed E-state index contributed by atoms with van der Waals surface area (Å²) >= 11 is 0. The maximum absolute atomic E-state index is 12.4. The molecular weight excluding hydrogens is 145 g/mol. The lowest BCUT2D eigenvalue weighted by Crippen LogP contribution is -2.34. The molecule has 0 radical (unpaired) electrons. The fourth-order valence-corrected chi connectivity index (χ4v) is 0.911. The number of ether oxygens (including phenoxy) is 1. The summed E-state index contributed by atoms with van der Waals surface area (Å²) in [7, 11) is 1.05. The zero-order valence-electron chi connectivity index (χ0n) is 5.77. The van der Waals surface area contributed by atoms with Crippen LogP contribution in [0.5, 0.6) is 0 Å². The number of methoxy groups -OCH3 is 1. The zero-order chi connectivity index (χ0) is 6.91. The topological polar surface area (TPSA) is 9.23 Å². The van der Waals surface area contributed by atoms with Gasteiger partial charge in [-0.1, -0.05) is 6.42 Å². The van der Waals surface area contributed by atoms with E-state index in [0.29, 0.717) is 12.8 Å². The molecule has 0 aromatic carbocycles. The molecule has 1 rings (SSSR count). The number of alkyl halides is 2. The van der Waals surface area contributed by atoms with E-state index in [2.05, 4.69) is 4.74 Å². The van der Waals surface area contributed by atoms with Gasteiger partial charge in [-0.05, 0) is 12.8 Å². The molecule has 1 saturated carbocycles. The van der Waals surface area contributed by atoms with Crippen LogP contribution in [-0.2, 0) is 4.74 Å². The van der Waals surface area contributed by atoms with E-state index < -0.39 is 12.0 Å². The minimum atomic E-state index is -2.86. The second-order valence-corrected chi connectivity index (χ2v) is 2.39. The maximum atomic E-state index is 12.4. The molecule has 0 N–H and O–H groups in total. The van der Waals surface area contributed by atoms with Crippen molar-refractivity contribution in [2.75, 3.05) is 7.11 Å². The second kappa shape index (κ2) is 3.23. The van der Waals surface area contributed by atoms with Gasteiger partial charge in [0.05, 0.1) is 5.92 Å². The van der Waals surface area contributed by atoms with Gasteiger partial charge >= 0.3 is 6.11 Å². The SMILES string of the molecule is COC(F)(F)C1CCC1.F. The molecular formula is C6H11F3O. The first-order chi connectivity index (χ1) is 4.17. The summed E-state index contributed by atoms with van der Waals surface area (Å²) in [6, 6.07) is 0. The lowest BCUT2D eigenvalue weighted by atomic mass is 9.84. The molecule has 62 valence electrons. The average Bonchev–Trinajstić information content (AvgIpc) is 1.60. The van der Waals surface area contributed by atoms with Gasteiger partial charge in [0.25, 0.3) is 0 Å². The van der Waals surface area contributed by atoms with E-state index in [9.17, 15) is 8.78 Å². The van der Waals surface area contributed by atoms with Gasteiger partial charge in [-0.3, -0.25) is 4.70 Å². The predicted molar refractivity (Wildman–Crippen MR) is 31.8 cm³/mol. The fraction of sp³-hybridized carbons (Fsp3) is 1.00. The van der Waals surface area contributed by atoms with Crippen LogP contribution in [0.25, 0.3) is 0 Å². The van der Waals surface area contributed by atoms with Gasteiger partial charge in [-0.15, -0.1) is 0 Å². The molecule has 1 aliphatic carbocycles. The van der Waals surface area contributed by atoms with E-state index in [1.165, 1.54) is 0 Å². The van der Waals surface area contributed by atoms with E-state index >= 15 is 0 Å². The highest BCUT2D eigenvalue weighted by atomic mass is 19.3. The van der Waals surface area contributed by atoms with Gasteiger partial charge in [-0.2, -0.15) is 8.78 Å². The minimum absolute atomic E-state index is 0. The lowest BCUT2D eigenvalue weighted by Gasteiger charge is -2.31. The molecule has 0 aromatic rings. The second-order valence-electron chi connectivity index (χ2n) is 2.39. The van der Waals surface area contributed by atoms with Crippen LogP contribution in [0.3, 0.4) is 0 Å². The Balaban J connectivity index is 0.000000810. The molecule has 0 bridgehead atoms. The molecule has 0 unspecified atom stereocenters. The summed E-state index contributed by atoms with van der Waals surface area (Å²) in [6.07, 6.45) is -0.719. The van der Waals surface area contributed by atoms with E-state index in [1.54, 1.807) is 0 Å². The Morgan fingerprint density at radius 1 is 1.40 bits per heavy atom. The molecule has 0 heterocycles. The van der Waals surface area contributed by atoms with Crippen molar-refractivity contribution < 1.29 is 18.2 Å². The van der Waals surface area contributed by atoms with Crippen LogP contribution in [0.2, 0.25) is 0 Å². The van der Waals surface area contributed by atoms with Crippen LogP contribution in [0, 0.1) is 5.92 Å². The fourth-order valence-electron chi connectivity index (χ4n) is 0.911. The molecule has 0 spiro atoms. The first-order valence-electron chi connectivity index (χ1n) is 3.10. The first kappa shape index (κ1) is 9.75. The summed E-state index contributed by atoms with van der Waals surface area (Å²) in [5.74, 6) is -0.512. The maximum Gasteiger partial charge on any atom is 0.358 e. The smallest absolute Gasteiger partial charge is 0.324 e. The van der Waals surface area contributed by atoms with Crippen molar-refractivity contribution in [3.8, 4) is 0 Å². The summed E-state index contributed by atoms with van der Waals surface area (Å²) < 4.78 is 28.8. The number of hydrogen-bond donors (Lipinski definition) is 0. The van der Waals surface area contributed by atoms with Crippen LogP contribution in [0.1, 0.15) is 19.3 Å². The molecule has 1 aliphatic rings. The Hall–Kier alpha value is -0.250. The highest BCUT2D eigenvalue weighted by Crippen LogP contribution is 2.39. The monoisotopic (exact) mass is 156 g/mol. The van der Waals surface area contributed by atoms with E-state index in [1.807, 2.05) is 0 Å². The molecule has 0 atom stereocenters. The van der Waals surface area contributed by atoms with Crippen LogP contribution < -0.4 is 0 Å². The van der Waals surface area contributed by atoms with E-state index in [0.717, 1.165) is 13.5 Å². The Bertz CT molecular complexity index is 101. The molecule has 0 amide bonds. The minimum Gasteiger partial charge on any atom is -0.324 e. The van der Waals surface area contributed by atoms with E-state index in [4.69, 9.17) is 0 Å². The van der Waals surface area contributed by atoms with Crippen LogP contribution >= 0.6 is 0 Å². The molecule has 0 aromatic heterocycles. The van der Waals surface area contributed by atoms with Crippen molar-refractivity contribution in [1.82, 2.24) is 0 Å². The number of hydrogen-bond acceptors (Lipinski definition) is 1. The molecule has 0 aliphatic heterocycles. The van der Waals surface area contributed by atoms with Crippen LogP contribution in [-0.4, -0.2) is 13.2 Å². The van der Waals surface area contributed by atoms with Crippen molar-refractivity contribution >= 4 is 0 Å². The highest BCUT2D eigenvalue weighted by molar-refractivity contribution is 4.76. The zero-order valence-corrected chi connectivity index (χ0v) is 5.77. The average molecular weight is 156 g/mol. The van der Waals surface area contributed by atoms with Crippen LogP contribution in [0.4, 0.5) is 13.5 Å². The van der Waals surface area contributed by atoms with Gasteiger partial charge in [-0.25, -0.2) is 0 Å². The summed E-state index contributed by atoms with van der Waals surface area (Å²) in [6.45, 7) is 0. The molecule has 10 heavy (non-hydrogen) atoms. The summed E-state index contributed by atoms with van der Waals surface area (Å²) in [5, 5.41) is 0. The van der Waals surface area contributed by atoms with Crippen molar-refractivity contribution in [2.24, 2.45) is 5.92 Å². The Labute approximate surface area is 57.7 Å². The highest BCUT2D eigenvalue weighted by Gasteiger charge is 2.42. The van der Waals surface area contributed by atoms with Gasteiger partial charge in [0.1, 0.15) is 0 Å². The third-order valence-corrected chi connectivity index (χ3v) is 1.85. The van der Waals surface area contributed by atoms with Crippen molar-refractivity contribution in [2.45, 2.75) is 25.4 Å². The molecule has 1 nitrogen and oxygen atoms in total. The Morgan fingerprint density at radius 3 is 2.00 bits per heavy atom. The van der Waals surface area contributed by atoms with Gasteiger partial charge in [0.15, 0.2) is 0 Å². The standard InChI is InChI=1S/C6H10F2O.FH/c1-9-6(7,8)5-3-2-4-5;/h5H,2-4H2,1H3;1H. The molecule has 0 saturated heterocycles. The number of rotatable bonds is 2. The first-order valence-corrected chi connectivity index (χ1v) is 3.10. The Kier molecular flexibility index (Phi) is 3.15. The van der Waals surface area contributed by atoms with Gasteiger partial charge in [0.2, 0.25) is 0 Å². The molecule has 1 fully saturated rings. The molecule has 4 heteroatoms. The van der Waals surface area contributed by atoms with Crippen molar-refractivity contribution in [3.63, 3.8) is 0 Å². The van der Waals surface area contributed by atoms with Crippen LogP contribution in [0.15, 0.2) is 0 Å². The lowest BCUT2D eigenvalue weighted by molar-refractivity contribution is -0.270. The van der Waals surface area contributed by atoms with E-state index in [-0.39, 0.29) is 4.70 Å². The summed E-state index contributed by atoms with van der Waals surface area (Å²) in [5.41, 5.74) is 0. The van der Waals surface area contributed by atoms with Crippen molar-refractivity contribution in [3.05, 3.63) is 0 Å². The van der Waals surface area contributed by atoms with Gasteiger partial charge in [0, 0.05) is 7.11 Å². The largest absolute Gasteiger partial charge is 0.358 e. The quantitative estimate of drug-likeness (QED) is 0.595.